The highest BCUT2D eigenvalue weighted by Crippen LogP contribution is 2.34. The van der Waals surface area contributed by atoms with E-state index in [0.29, 0.717) is 13.0 Å². The molecule has 3 aromatic rings. The Morgan fingerprint density at radius 1 is 1.13 bits per heavy atom. The first kappa shape index (κ1) is 21.2. The van der Waals surface area contributed by atoms with Crippen LogP contribution in [0.3, 0.4) is 0 Å². The minimum Gasteiger partial charge on any atom is -0.497 e. The van der Waals surface area contributed by atoms with E-state index in [1.165, 1.54) is 0 Å². The van der Waals surface area contributed by atoms with Gasteiger partial charge in [-0.3, -0.25) is 4.79 Å². The molecule has 0 spiro atoms. The Hall–Kier alpha value is -3.02. The van der Waals surface area contributed by atoms with Crippen LogP contribution in [0.2, 0.25) is 0 Å². The van der Waals surface area contributed by atoms with Crippen molar-refractivity contribution < 1.29 is 14.3 Å². The van der Waals surface area contributed by atoms with Crippen molar-refractivity contribution in [2.24, 2.45) is 0 Å². The first-order valence-corrected chi connectivity index (χ1v) is 11.2. The van der Waals surface area contributed by atoms with Crippen LogP contribution in [0.5, 0.6) is 11.5 Å². The zero-order valence-corrected chi connectivity index (χ0v) is 18.4. The summed E-state index contributed by atoms with van der Waals surface area (Å²) in [6.07, 6.45) is 4.47. The van der Waals surface area contributed by atoms with Gasteiger partial charge in [-0.15, -0.1) is 0 Å². The molecule has 2 aromatic carbocycles. The number of nitrogens with zero attached hydrogens (tertiary/aromatic N) is 3. The summed E-state index contributed by atoms with van der Waals surface area (Å²) in [5.41, 5.74) is 2.14. The molecule has 2 heterocycles. The number of aryl methyl sites for hydroxylation is 1. The minimum absolute atomic E-state index is 0.0767. The van der Waals surface area contributed by atoms with Crippen LogP contribution in [0.4, 0.5) is 0 Å². The van der Waals surface area contributed by atoms with E-state index in [-0.39, 0.29) is 11.9 Å². The normalized spacial score (nSPS) is 16.1. The van der Waals surface area contributed by atoms with Crippen LogP contribution in [-0.4, -0.2) is 40.6 Å². The van der Waals surface area contributed by atoms with Crippen molar-refractivity contribution >= 4 is 16.9 Å². The van der Waals surface area contributed by atoms with Gasteiger partial charge in [-0.2, -0.15) is 0 Å². The molecule has 1 aliphatic rings. The Labute approximate surface area is 183 Å². The molecule has 1 atom stereocenters. The summed E-state index contributed by atoms with van der Waals surface area (Å²) in [6, 6.07) is 16.0. The lowest BCUT2D eigenvalue weighted by molar-refractivity contribution is -0.131. The molecule has 0 bridgehead atoms. The largest absolute Gasteiger partial charge is 0.497 e. The molecule has 1 aromatic heterocycles. The average Bonchev–Trinajstić information content (AvgIpc) is 3.43. The highest BCUT2D eigenvalue weighted by molar-refractivity contribution is 5.78. The number of carbonyl (C=O) groups excluding carboxylic acids is 1. The number of aromatic nitrogens is 2. The number of carbonyl (C=O) groups is 1. The topological polar surface area (TPSA) is 56.6 Å². The predicted molar refractivity (Wildman–Crippen MR) is 121 cm³/mol. The molecular weight excluding hydrogens is 390 g/mol. The fourth-order valence-corrected chi connectivity index (χ4v) is 4.37. The summed E-state index contributed by atoms with van der Waals surface area (Å²) >= 11 is 0. The fourth-order valence-electron chi connectivity index (χ4n) is 4.37. The number of para-hydroxylation sites is 2. The standard InChI is InChI=1S/C25H31N3O3/c1-3-24(29)27-16-9-14-23(27)25-26-21-12-4-5-13-22(21)28(25)15-6-7-17-31-20-11-8-10-19(18-20)30-2/h4-5,8,10-13,18,23H,3,6-7,9,14-17H2,1-2H3. The zero-order valence-electron chi connectivity index (χ0n) is 18.4. The van der Waals surface area contributed by atoms with Gasteiger partial charge in [0.15, 0.2) is 0 Å². The molecule has 1 saturated heterocycles. The summed E-state index contributed by atoms with van der Waals surface area (Å²) < 4.78 is 13.5. The van der Waals surface area contributed by atoms with E-state index in [0.717, 1.165) is 67.1 Å². The number of ether oxygens (including phenoxy) is 2. The lowest BCUT2D eigenvalue weighted by Gasteiger charge is -2.25. The second-order valence-corrected chi connectivity index (χ2v) is 7.94. The quantitative estimate of drug-likeness (QED) is 0.457. The Bertz CT molecular complexity index is 1030. The van der Waals surface area contributed by atoms with Gasteiger partial charge >= 0.3 is 0 Å². The monoisotopic (exact) mass is 421 g/mol. The molecule has 0 saturated carbocycles. The number of likely N-dealkylation sites (tertiary alicyclic amines) is 1. The number of hydrogen-bond acceptors (Lipinski definition) is 4. The van der Waals surface area contributed by atoms with Gasteiger partial charge in [-0.1, -0.05) is 25.1 Å². The van der Waals surface area contributed by atoms with E-state index < -0.39 is 0 Å². The van der Waals surface area contributed by atoms with Crippen molar-refractivity contribution in [1.29, 1.82) is 0 Å². The SMILES string of the molecule is CCC(=O)N1CCCC1c1nc2ccccc2n1CCCCOc1cccc(OC)c1. The number of fused-ring (bicyclic) bond motifs is 1. The maximum absolute atomic E-state index is 12.5. The summed E-state index contributed by atoms with van der Waals surface area (Å²) in [4.78, 5) is 19.4. The number of hydrogen-bond donors (Lipinski definition) is 0. The van der Waals surface area contributed by atoms with Crippen molar-refractivity contribution in [3.05, 3.63) is 54.4 Å². The van der Waals surface area contributed by atoms with E-state index >= 15 is 0 Å². The van der Waals surface area contributed by atoms with Gasteiger partial charge < -0.3 is 18.9 Å². The molecule has 1 amide bonds. The summed E-state index contributed by atoms with van der Waals surface area (Å²) in [5.74, 6) is 2.87. The molecule has 6 nitrogen and oxygen atoms in total. The number of imidazole rings is 1. The van der Waals surface area contributed by atoms with E-state index in [9.17, 15) is 4.79 Å². The molecule has 0 radical (unpaired) electrons. The van der Waals surface area contributed by atoms with Crippen LogP contribution in [0.1, 0.15) is 50.9 Å². The first-order chi connectivity index (χ1) is 15.2. The van der Waals surface area contributed by atoms with Crippen LogP contribution in [0.15, 0.2) is 48.5 Å². The molecule has 6 heteroatoms. The van der Waals surface area contributed by atoms with E-state index in [4.69, 9.17) is 14.5 Å². The Kier molecular flexibility index (Phi) is 6.75. The highest BCUT2D eigenvalue weighted by Gasteiger charge is 2.32. The maximum Gasteiger partial charge on any atom is 0.222 e. The molecule has 4 rings (SSSR count). The third-order valence-electron chi connectivity index (χ3n) is 5.94. The lowest BCUT2D eigenvalue weighted by atomic mass is 10.2. The first-order valence-electron chi connectivity index (χ1n) is 11.2. The lowest BCUT2D eigenvalue weighted by Crippen LogP contribution is -2.31. The van der Waals surface area contributed by atoms with E-state index in [2.05, 4.69) is 22.8 Å². The van der Waals surface area contributed by atoms with Gasteiger partial charge in [-0.05, 0) is 49.9 Å². The van der Waals surface area contributed by atoms with Gasteiger partial charge in [0.25, 0.3) is 0 Å². The van der Waals surface area contributed by atoms with Gasteiger partial charge in [0.1, 0.15) is 17.3 Å². The molecular formula is C25H31N3O3. The summed E-state index contributed by atoms with van der Waals surface area (Å²) in [7, 11) is 1.66. The Balaban J connectivity index is 1.44. The zero-order chi connectivity index (χ0) is 21.6. The van der Waals surface area contributed by atoms with Gasteiger partial charge in [0, 0.05) is 25.6 Å². The number of amides is 1. The van der Waals surface area contributed by atoms with Crippen molar-refractivity contribution in [3.63, 3.8) is 0 Å². The summed E-state index contributed by atoms with van der Waals surface area (Å²) in [5, 5.41) is 0. The van der Waals surface area contributed by atoms with Crippen LogP contribution in [-0.2, 0) is 11.3 Å². The Morgan fingerprint density at radius 3 is 2.81 bits per heavy atom. The predicted octanol–water partition coefficient (Wildman–Crippen LogP) is 4.98. The molecule has 1 fully saturated rings. The number of unbranched alkanes of at least 4 members (excludes halogenated alkanes) is 1. The smallest absolute Gasteiger partial charge is 0.222 e. The molecule has 1 unspecified atom stereocenters. The van der Waals surface area contributed by atoms with Crippen LogP contribution in [0.25, 0.3) is 11.0 Å². The van der Waals surface area contributed by atoms with Crippen molar-refractivity contribution in [2.45, 2.75) is 51.6 Å². The highest BCUT2D eigenvalue weighted by atomic mass is 16.5. The second kappa shape index (κ2) is 9.86. The molecule has 1 aliphatic heterocycles. The third-order valence-corrected chi connectivity index (χ3v) is 5.94. The van der Waals surface area contributed by atoms with Crippen LogP contribution in [0, 0.1) is 0 Å². The van der Waals surface area contributed by atoms with Crippen molar-refractivity contribution in [3.8, 4) is 11.5 Å². The number of benzene rings is 2. The van der Waals surface area contributed by atoms with E-state index in [1.54, 1.807) is 7.11 Å². The molecule has 31 heavy (non-hydrogen) atoms. The summed E-state index contributed by atoms with van der Waals surface area (Å²) in [6.45, 7) is 4.28. The van der Waals surface area contributed by atoms with Crippen molar-refractivity contribution in [2.75, 3.05) is 20.3 Å². The van der Waals surface area contributed by atoms with Gasteiger partial charge in [0.2, 0.25) is 5.91 Å². The average molecular weight is 422 g/mol. The van der Waals surface area contributed by atoms with Crippen LogP contribution < -0.4 is 9.47 Å². The van der Waals surface area contributed by atoms with Crippen LogP contribution >= 0.6 is 0 Å². The van der Waals surface area contributed by atoms with Gasteiger partial charge in [0.05, 0.1) is 30.8 Å². The number of methoxy groups -OCH3 is 1. The molecule has 0 N–H and O–H groups in total. The number of rotatable bonds is 9. The Morgan fingerprint density at radius 2 is 1.97 bits per heavy atom. The van der Waals surface area contributed by atoms with E-state index in [1.807, 2.05) is 42.2 Å². The maximum atomic E-state index is 12.5. The van der Waals surface area contributed by atoms with Crippen molar-refractivity contribution in [1.82, 2.24) is 14.5 Å². The second-order valence-electron chi connectivity index (χ2n) is 7.94. The van der Waals surface area contributed by atoms with Gasteiger partial charge in [-0.25, -0.2) is 4.98 Å². The third kappa shape index (κ3) is 4.68. The fraction of sp³-hybridized carbons (Fsp3) is 0.440. The molecule has 0 aliphatic carbocycles. The minimum atomic E-state index is 0.0767. The molecule has 164 valence electrons.